The fourth-order valence-electron chi connectivity index (χ4n) is 3.40. The van der Waals surface area contributed by atoms with Gasteiger partial charge in [-0.1, -0.05) is 24.3 Å². The zero-order valence-electron chi connectivity index (χ0n) is 19.7. The second-order valence-electron chi connectivity index (χ2n) is 8.23. The molecule has 0 heterocycles. The SMILES string of the molecule is CCOC(Cc1ccc(OCCN(CC2CC2)C(=O)Oc2ccccc2OC(F)(F)F)cc1)C(=O)O. The van der Waals surface area contributed by atoms with Crippen molar-refractivity contribution >= 4 is 12.1 Å². The number of amides is 1. The van der Waals surface area contributed by atoms with Crippen LogP contribution in [-0.4, -0.2) is 60.8 Å². The summed E-state index contributed by atoms with van der Waals surface area (Å²) in [7, 11) is 0. The molecule has 1 saturated carbocycles. The summed E-state index contributed by atoms with van der Waals surface area (Å²) >= 11 is 0. The lowest BCUT2D eigenvalue weighted by atomic mass is 10.1. The molecule has 1 atom stereocenters. The lowest BCUT2D eigenvalue weighted by Gasteiger charge is -2.23. The number of carbonyl (C=O) groups is 2. The van der Waals surface area contributed by atoms with Gasteiger partial charge < -0.3 is 29.0 Å². The first-order valence-corrected chi connectivity index (χ1v) is 11.5. The number of carboxylic acids is 1. The van der Waals surface area contributed by atoms with Gasteiger partial charge in [0.1, 0.15) is 12.4 Å². The van der Waals surface area contributed by atoms with E-state index in [1.54, 1.807) is 31.2 Å². The first-order valence-electron chi connectivity index (χ1n) is 11.5. The van der Waals surface area contributed by atoms with Crippen LogP contribution >= 0.6 is 0 Å². The van der Waals surface area contributed by atoms with Crippen molar-refractivity contribution in [1.29, 1.82) is 0 Å². The molecule has 1 unspecified atom stereocenters. The van der Waals surface area contributed by atoms with Gasteiger partial charge in [0.05, 0.1) is 6.54 Å². The van der Waals surface area contributed by atoms with Gasteiger partial charge in [0.25, 0.3) is 0 Å². The maximum Gasteiger partial charge on any atom is 0.573 e. The van der Waals surface area contributed by atoms with Crippen molar-refractivity contribution in [2.75, 3.05) is 26.3 Å². The van der Waals surface area contributed by atoms with Crippen molar-refractivity contribution in [3.63, 3.8) is 0 Å². The summed E-state index contributed by atoms with van der Waals surface area (Å²) in [4.78, 5) is 25.4. The van der Waals surface area contributed by atoms with Crippen LogP contribution in [0.4, 0.5) is 18.0 Å². The second kappa shape index (κ2) is 12.5. The van der Waals surface area contributed by atoms with Gasteiger partial charge in [0, 0.05) is 19.6 Å². The number of carbonyl (C=O) groups excluding carboxylic acids is 1. The average Bonchev–Trinajstić information content (AvgIpc) is 3.63. The van der Waals surface area contributed by atoms with Crippen LogP contribution in [0.25, 0.3) is 0 Å². The molecule has 1 aliphatic carbocycles. The highest BCUT2D eigenvalue weighted by atomic mass is 19.4. The van der Waals surface area contributed by atoms with Gasteiger partial charge in [-0.25, -0.2) is 9.59 Å². The normalized spacial score (nSPS) is 14.1. The third kappa shape index (κ3) is 8.95. The van der Waals surface area contributed by atoms with E-state index >= 15 is 0 Å². The summed E-state index contributed by atoms with van der Waals surface area (Å²) in [5.74, 6) is -1.14. The molecule has 2 aromatic carbocycles. The molecular weight excluding hydrogens is 483 g/mol. The van der Waals surface area contributed by atoms with Gasteiger partial charge in [-0.3, -0.25) is 0 Å². The van der Waals surface area contributed by atoms with Gasteiger partial charge in [-0.05, 0) is 55.5 Å². The first kappa shape index (κ1) is 27.1. The molecular formula is C25H28F3NO7. The molecule has 1 amide bonds. The molecule has 0 aromatic heterocycles. The summed E-state index contributed by atoms with van der Waals surface area (Å²) < 4.78 is 58.1. The Morgan fingerprint density at radius 3 is 2.33 bits per heavy atom. The van der Waals surface area contributed by atoms with E-state index in [4.69, 9.17) is 14.2 Å². The number of hydrogen-bond donors (Lipinski definition) is 1. The number of ether oxygens (including phenoxy) is 4. The van der Waals surface area contributed by atoms with Crippen molar-refractivity contribution < 1.29 is 46.8 Å². The van der Waals surface area contributed by atoms with Crippen molar-refractivity contribution in [3.05, 3.63) is 54.1 Å². The lowest BCUT2D eigenvalue weighted by Crippen LogP contribution is -2.38. The van der Waals surface area contributed by atoms with Crippen molar-refractivity contribution in [3.8, 4) is 17.2 Å². The summed E-state index contributed by atoms with van der Waals surface area (Å²) in [6.45, 7) is 2.70. The van der Waals surface area contributed by atoms with E-state index in [2.05, 4.69) is 4.74 Å². The summed E-state index contributed by atoms with van der Waals surface area (Å²) in [5.41, 5.74) is 0.766. The number of alkyl halides is 3. The van der Waals surface area contributed by atoms with Gasteiger partial charge >= 0.3 is 18.4 Å². The van der Waals surface area contributed by atoms with Gasteiger partial charge in [-0.2, -0.15) is 0 Å². The van der Waals surface area contributed by atoms with Crippen molar-refractivity contribution in [2.45, 2.75) is 38.7 Å². The van der Waals surface area contributed by atoms with E-state index in [1.807, 2.05) is 0 Å². The number of para-hydroxylation sites is 2. The molecule has 0 aliphatic heterocycles. The molecule has 36 heavy (non-hydrogen) atoms. The Labute approximate surface area is 206 Å². The highest BCUT2D eigenvalue weighted by molar-refractivity contribution is 5.73. The highest BCUT2D eigenvalue weighted by Crippen LogP contribution is 2.33. The number of hydrogen-bond acceptors (Lipinski definition) is 6. The van der Waals surface area contributed by atoms with Gasteiger partial charge in [0.15, 0.2) is 17.6 Å². The quantitative estimate of drug-likeness (QED) is 0.409. The van der Waals surface area contributed by atoms with Crippen LogP contribution in [0.1, 0.15) is 25.3 Å². The highest BCUT2D eigenvalue weighted by Gasteiger charge is 2.33. The molecule has 3 rings (SSSR count). The molecule has 1 N–H and O–H groups in total. The summed E-state index contributed by atoms with van der Waals surface area (Å²) in [5, 5.41) is 9.21. The zero-order valence-corrected chi connectivity index (χ0v) is 19.7. The van der Waals surface area contributed by atoms with E-state index < -0.39 is 30.3 Å². The number of benzene rings is 2. The van der Waals surface area contributed by atoms with Crippen LogP contribution in [0.2, 0.25) is 0 Å². The molecule has 2 aromatic rings. The maximum absolute atomic E-state index is 12.7. The second-order valence-corrected chi connectivity index (χ2v) is 8.23. The minimum absolute atomic E-state index is 0.124. The lowest BCUT2D eigenvalue weighted by molar-refractivity contribution is -0.275. The molecule has 0 bridgehead atoms. The van der Waals surface area contributed by atoms with Crippen LogP contribution in [0.5, 0.6) is 17.2 Å². The van der Waals surface area contributed by atoms with E-state index in [1.165, 1.54) is 23.1 Å². The Kier molecular flexibility index (Phi) is 9.40. The van der Waals surface area contributed by atoms with E-state index in [0.29, 0.717) is 24.8 Å². The monoisotopic (exact) mass is 511 g/mol. The van der Waals surface area contributed by atoms with Crippen molar-refractivity contribution in [2.24, 2.45) is 5.92 Å². The standard InChI is InChI=1S/C25H28F3NO7/c1-2-33-22(23(30)31)15-17-9-11-19(12-10-17)34-14-13-29(16-18-7-8-18)24(32)35-20-5-3-4-6-21(20)36-25(26,27)28/h3-6,9-12,18,22H,2,7-8,13-16H2,1H3,(H,30,31). The average molecular weight is 511 g/mol. The number of aliphatic carboxylic acids is 1. The predicted molar refractivity (Wildman–Crippen MR) is 122 cm³/mol. The molecule has 1 aliphatic rings. The molecule has 8 nitrogen and oxygen atoms in total. The Morgan fingerprint density at radius 1 is 1.08 bits per heavy atom. The summed E-state index contributed by atoms with van der Waals surface area (Å²) in [6, 6.07) is 11.9. The maximum atomic E-state index is 12.7. The predicted octanol–water partition coefficient (Wildman–Crippen LogP) is 4.91. The Balaban J connectivity index is 1.55. The smallest absolute Gasteiger partial charge is 0.492 e. The van der Waals surface area contributed by atoms with E-state index in [-0.39, 0.29) is 25.3 Å². The van der Waals surface area contributed by atoms with Crippen LogP contribution in [0.15, 0.2) is 48.5 Å². The molecule has 1 fully saturated rings. The molecule has 0 radical (unpaired) electrons. The number of nitrogens with zero attached hydrogens (tertiary/aromatic N) is 1. The molecule has 11 heteroatoms. The minimum Gasteiger partial charge on any atom is -0.492 e. The first-order chi connectivity index (χ1) is 17.1. The largest absolute Gasteiger partial charge is 0.573 e. The van der Waals surface area contributed by atoms with Gasteiger partial charge in [0.2, 0.25) is 0 Å². The van der Waals surface area contributed by atoms with Crippen LogP contribution in [0.3, 0.4) is 0 Å². The minimum atomic E-state index is -4.92. The number of rotatable bonds is 13. The topological polar surface area (TPSA) is 94.5 Å². The Morgan fingerprint density at radius 2 is 1.75 bits per heavy atom. The van der Waals surface area contributed by atoms with Gasteiger partial charge in [-0.15, -0.1) is 13.2 Å². The van der Waals surface area contributed by atoms with Crippen LogP contribution in [-0.2, 0) is 16.0 Å². The zero-order chi connectivity index (χ0) is 26.1. The Bertz CT molecular complexity index is 1010. The summed E-state index contributed by atoms with van der Waals surface area (Å²) in [6.07, 6.45) is -4.52. The number of carboxylic acid groups (broad SMARTS) is 1. The van der Waals surface area contributed by atoms with E-state index in [9.17, 15) is 27.9 Å². The van der Waals surface area contributed by atoms with Crippen molar-refractivity contribution in [1.82, 2.24) is 4.90 Å². The fraction of sp³-hybridized carbons (Fsp3) is 0.440. The van der Waals surface area contributed by atoms with Crippen LogP contribution in [0, 0.1) is 5.92 Å². The van der Waals surface area contributed by atoms with E-state index in [0.717, 1.165) is 24.5 Å². The molecule has 0 saturated heterocycles. The third-order valence-corrected chi connectivity index (χ3v) is 5.32. The fourth-order valence-corrected chi connectivity index (χ4v) is 3.40. The third-order valence-electron chi connectivity index (χ3n) is 5.32. The molecule has 196 valence electrons. The van der Waals surface area contributed by atoms with Crippen LogP contribution < -0.4 is 14.2 Å². The Hall–Kier alpha value is -3.47. The number of halogens is 3. The molecule has 0 spiro atoms.